The molecule has 5 heteroatoms. The first-order chi connectivity index (χ1) is 8.04. The summed E-state index contributed by atoms with van der Waals surface area (Å²) in [5.41, 5.74) is 0. The lowest BCUT2D eigenvalue weighted by Gasteiger charge is -2.37. The van der Waals surface area contributed by atoms with Crippen molar-refractivity contribution in [1.82, 2.24) is 0 Å². The van der Waals surface area contributed by atoms with Crippen molar-refractivity contribution >= 4 is 11.8 Å². The number of carboxylic acid groups (broad SMARTS) is 1. The van der Waals surface area contributed by atoms with Crippen LogP contribution >= 0.6 is 0 Å². The zero-order valence-corrected chi connectivity index (χ0v) is 9.63. The van der Waals surface area contributed by atoms with Crippen molar-refractivity contribution in [1.29, 1.82) is 0 Å². The van der Waals surface area contributed by atoms with E-state index in [9.17, 15) is 14.7 Å². The number of hydrogen-bond acceptors (Lipinski definition) is 4. The first-order valence-electron chi connectivity index (χ1n) is 5.76. The summed E-state index contributed by atoms with van der Waals surface area (Å²) < 4.78 is 5.56. The van der Waals surface area contributed by atoms with Gasteiger partial charge in [-0.1, -0.05) is 6.92 Å². The number of ketones is 1. The minimum absolute atomic E-state index is 0.0144. The number of carboxylic acids is 1. The van der Waals surface area contributed by atoms with Crippen LogP contribution in [0.5, 0.6) is 0 Å². The fraction of sp³-hybridized carbons (Fsp3) is 0.667. The molecule has 2 aliphatic rings. The van der Waals surface area contributed by atoms with Crippen LogP contribution in [-0.4, -0.2) is 34.7 Å². The topological polar surface area (TPSA) is 83.8 Å². The van der Waals surface area contributed by atoms with Gasteiger partial charge in [0.1, 0.15) is 23.6 Å². The van der Waals surface area contributed by atoms with Crippen LogP contribution in [0.25, 0.3) is 0 Å². The van der Waals surface area contributed by atoms with Crippen LogP contribution in [0.4, 0.5) is 0 Å². The third-order valence-corrected chi connectivity index (χ3v) is 3.72. The van der Waals surface area contributed by atoms with Gasteiger partial charge in [-0.2, -0.15) is 0 Å². The average Bonchev–Trinajstić information content (AvgIpc) is 2.59. The van der Waals surface area contributed by atoms with Gasteiger partial charge in [-0.15, -0.1) is 0 Å². The SMILES string of the molecule is CC1C(C(=O)O)/C(=C/CO)OC2CC(=O)CC21. The average molecular weight is 240 g/mol. The zero-order chi connectivity index (χ0) is 12.6. The summed E-state index contributed by atoms with van der Waals surface area (Å²) >= 11 is 0. The molecule has 1 aliphatic heterocycles. The standard InChI is InChI=1S/C12H16O5/c1-6-8-4-7(14)5-10(8)17-9(2-3-13)11(6)12(15)16/h2,6,8,10-11,13H,3-5H2,1H3,(H,15,16)/b9-2-. The van der Waals surface area contributed by atoms with Gasteiger partial charge in [0, 0.05) is 18.8 Å². The highest BCUT2D eigenvalue weighted by Crippen LogP contribution is 2.44. The summed E-state index contributed by atoms with van der Waals surface area (Å²) in [6, 6.07) is 0. The molecule has 94 valence electrons. The predicted molar refractivity (Wildman–Crippen MR) is 58.1 cm³/mol. The van der Waals surface area contributed by atoms with Crippen molar-refractivity contribution in [3.63, 3.8) is 0 Å². The zero-order valence-electron chi connectivity index (χ0n) is 9.63. The smallest absolute Gasteiger partial charge is 0.314 e. The molecule has 4 unspecified atom stereocenters. The number of carbonyl (C=O) groups excluding carboxylic acids is 1. The van der Waals surface area contributed by atoms with Crippen LogP contribution < -0.4 is 0 Å². The van der Waals surface area contributed by atoms with Gasteiger partial charge in [0.05, 0.1) is 6.61 Å². The van der Waals surface area contributed by atoms with Gasteiger partial charge in [-0.3, -0.25) is 9.59 Å². The largest absolute Gasteiger partial charge is 0.493 e. The number of aliphatic hydroxyl groups is 1. The number of rotatable bonds is 2. The van der Waals surface area contributed by atoms with Crippen molar-refractivity contribution in [3.8, 4) is 0 Å². The molecule has 0 radical (unpaired) electrons. The van der Waals surface area contributed by atoms with Crippen LogP contribution in [0, 0.1) is 17.8 Å². The molecule has 0 aromatic heterocycles. The Balaban J connectivity index is 2.28. The van der Waals surface area contributed by atoms with Crippen molar-refractivity contribution in [2.45, 2.75) is 25.9 Å². The Labute approximate surface area is 99.1 Å². The molecule has 4 atom stereocenters. The van der Waals surface area contributed by atoms with Gasteiger partial charge >= 0.3 is 5.97 Å². The van der Waals surface area contributed by atoms with E-state index in [-0.39, 0.29) is 30.3 Å². The van der Waals surface area contributed by atoms with E-state index >= 15 is 0 Å². The van der Waals surface area contributed by atoms with E-state index in [1.807, 2.05) is 6.92 Å². The van der Waals surface area contributed by atoms with E-state index in [0.29, 0.717) is 18.6 Å². The van der Waals surface area contributed by atoms with Crippen molar-refractivity contribution in [3.05, 3.63) is 11.8 Å². The van der Waals surface area contributed by atoms with E-state index < -0.39 is 11.9 Å². The fourth-order valence-corrected chi connectivity index (χ4v) is 2.87. The highest BCUT2D eigenvalue weighted by molar-refractivity contribution is 5.82. The van der Waals surface area contributed by atoms with Crippen LogP contribution in [0.2, 0.25) is 0 Å². The lowest BCUT2D eigenvalue weighted by Crippen LogP contribution is -2.40. The van der Waals surface area contributed by atoms with E-state index in [2.05, 4.69) is 0 Å². The highest BCUT2D eigenvalue weighted by atomic mass is 16.5. The maximum absolute atomic E-state index is 11.4. The normalized spacial score (nSPS) is 38.9. The minimum atomic E-state index is -0.963. The van der Waals surface area contributed by atoms with Crippen LogP contribution in [0.15, 0.2) is 11.8 Å². The third kappa shape index (κ3) is 2.07. The quantitative estimate of drug-likeness (QED) is 0.737. The Morgan fingerprint density at radius 3 is 2.82 bits per heavy atom. The fourth-order valence-electron chi connectivity index (χ4n) is 2.87. The van der Waals surface area contributed by atoms with Gasteiger partial charge in [0.15, 0.2) is 0 Å². The highest BCUT2D eigenvalue weighted by Gasteiger charge is 2.48. The molecule has 0 aromatic rings. The number of ether oxygens (including phenoxy) is 1. The van der Waals surface area contributed by atoms with Crippen LogP contribution in [-0.2, 0) is 14.3 Å². The molecule has 2 rings (SSSR count). The van der Waals surface area contributed by atoms with Crippen molar-refractivity contribution in [2.75, 3.05) is 6.61 Å². The second-order valence-corrected chi connectivity index (χ2v) is 4.73. The van der Waals surface area contributed by atoms with Gasteiger partial charge in [-0.05, 0) is 12.0 Å². The molecule has 1 saturated heterocycles. The molecule has 17 heavy (non-hydrogen) atoms. The number of hydrogen-bond donors (Lipinski definition) is 2. The maximum atomic E-state index is 11.4. The maximum Gasteiger partial charge on any atom is 0.314 e. The van der Waals surface area contributed by atoms with Gasteiger partial charge < -0.3 is 14.9 Å². The van der Waals surface area contributed by atoms with Crippen LogP contribution in [0.1, 0.15) is 19.8 Å². The van der Waals surface area contributed by atoms with Gasteiger partial charge in [0.2, 0.25) is 0 Å². The number of carbonyl (C=O) groups is 2. The summed E-state index contributed by atoms with van der Waals surface area (Å²) in [6.45, 7) is 1.58. The van der Waals surface area contributed by atoms with Gasteiger partial charge in [-0.25, -0.2) is 0 Å². The van der Waals surface area contributed by atoms with Crippen molar-refractivity contribution in [2.24, 2.45) is 17.8 Å². The van der Waals surface area contributed by atoms with Crippen LogP contribution in [0.3, 0.4) is 0 Å². The first kappa shape index (κ1) is 12.1. The Morgan fingerprint density at radius 2 is 2.24 bits per heavy atom. The molecular formula is C12H16O5. The monoisotopic (exact) mass is 240 g/mol. The summed E-state index contributed by atoms with van der Waals surface area (Å²) in [5, 5.41) is 18.1. The minimum Gasteiger partial charge on any atom is -0.493 e. The number of fused-ring (bicyclic) bond motifs is 1. The Bertz CT molecular complexity index is 373. The predicted octanol–water partition coefficient (Wildman–Crippen LogP) is 0.577. The second-order valence-electron chi connectivity index (χ2n) is 4.73. The second kappa shape index (κ2) is 4.49. The number of aliphatic carboxylic acids is 1. The van der Waals surface area contributed by atoms with Gasteiger partial charge in [0.25, 0.3) is 0 Å². The molecule has 0 amide bonds. The number of Topliss-reactive ketones (excluding diaryl/α,β-unsaturated/α-hetero) is 1. The summed E-state index contributed by atoms with van der Waals surface area (Å²) in [4.78, 5) is 22.6. The molecule has 1 heterocycles. The molecule has 2 fully saturated rings. The summed E-state index contributed by atoms with van der Waals surface area (Å²) in [5.74, 6) is -1.45. The molecule has 5 nitrogen and oxygen atoms in total. The molecule has 0 bridgehead atoms. The van der Waals surface area contributed by atoms with Crippen molar-refractivity contribution < 1.29 is 24.5 Å². The third-order valence-electron chi connectivity index (χ3n) is 3.72. The number of aliphatic hydroxyl groups excluding tert-OH is 1. The Morgan fingerprint density at radius 1 is 1.53 bits per heavy atom. The summed E-state index contributed by atoms with van der Waals surface area (Å²) in [7, 11) is 0. The van der Waals surface area contributed by atoms with E-state index in [0.717, 1.165) is 0 Å². The van der Waals surface area contributed by atoms with E-state index in [1.165, 1.54) is 6.08 Å². The summed E-state index contributed by atoms with van der Waals surface area (Å²) in [6.07, 6.45) is 1.92. The Kier molecular flexibility index (Phi) is 3.19. The first-order valence-corrected chi connectivity index (χ1v) is 5.76. The molecule has 1 aliphatic carbocycles. The van der Waals surface area contributed by atoms with E-state index in [1.54, 1.807) is 0 Å². The Hall–Kier alpha value is -1.36. The lowest BCUT2D eigenvalue weighted by atomic mass is 9.77. The lowest BCUT2D eigenvalue weighted by molar-refractivity contribution is -0.148. The molecular weight excluding hydrogens is 224 g/mol. The molecule has 0 aromatic carbocycles. The molecule has 1 saturated carbocycles. The van der Waals surface area contributed by atoms with E-state index in [4.69, 9.17) is 9.84 Å². The molecule has 0 spiro atoms. The molecule has 2 N–H and O–H groups in total.